The van der Waals surface area contributed by atoms with Gasteiger partial charge in [0.25, 0.3) is 5.91 Å². The Labute approximate surface area is 94.5 Å². The molecule has 0 atom stereocenters. The van der Waals surface area contributed by atoms with Crippen LogP contribution in [0.1, 0.15) is 29.2 Å². The summed E-state index contributed by atoms with van der Waals surface area (Å²) in [7, 11) is 0. The first-order valence-electron chi connectivity index (χ1n) is 5.26. The normalized spacial score (nSPS) is 14.7. The Bertz CT molecular complexity index is 338. The van der Waals surface area contributed by atoms with Gasteiger partial charge >= 0.3 is 0 Å². The van der Waals surface area contributed by atoms with E-state index in [0.29, 0.717) is 18.0 Å². The minimum absolute atomic E-state index is 0.0917. The standard InChI is InChI=1S/C10H15N3OS/c14-10(11-4-6-15)8-7-13-5-2-1-3-9(13)12-8/h7,15H,1-6H2,(H,11,14). The summed E-state index contributed by atoms with van der Waals surface area (Å²) < 4.78 is 2.08. The molecule has 1 aliphatic heterocycles. The average Bonchev–Trinajstić information content (AvgIpc) is 2.69. The highest BCUT2D eigenvalue weighted by molar-refractivity contribution is 7.80. The van der Waals surface area contributed by atoms with Crippen molar-refractivity contribution in [1.82, 2.24) is 14.9 Å². The van der Waals surface area contributed by atoms with Gasteiger partial charge in [-0.15, -0.1) is 0 Å². The molecule has 0 fully saturated rings. The van der Waals surface area contributed by atoms with Gasteiger partial charge in [0.15, 0.2) is 0 Å². The van der Waals surface area contributed by atoms with Crippen LogP contribution in [0.25, 0.3) is 0 Å². The summed E-state index contributed by atoms with van der Waals surface area (Å²) in [6.07, 6.45) is 5.19. The smallest absolute Gasteiger partial charge is 0.271 e. The highest BCUT2D eigenvalue weighted by Gasteiger charge is 2.15. The van der Waals surface area contributed by atoms with Crippen LogP contribution in [0.4, 0.5) is 0 Å². The third kappa shape index (κ3) is 2.34. The third-order valence-electron chi connectivity index (χ3n) is 2.54. The molecule has 1 N–H and O–H groups in total. The molecule has 2 rings (SSSR count). The Balaban J connectivity index is 2.08. The fourth-order valence-corrected chi connectivity index (χ4v) is 1.89. The minimum atomic E-state index is -0.0917. The topological polar surface area (TPSA) is 46.9 Å². The van der Waals surface area contributed by atoms with Crippen molar-refractivity contribution in [2.75, 3.05) is 12.3 Å². The van der Waals surface area contributed by atoms with Crippen LogP contribution < -0.4 is 5.32 Å². The fraction of sp³-hybridized carbons (Fsp3) is 0.600. The SMILES string of the molecule is O=C(NCCS)c1cn2c(n1)CCCC2. The van der Waals surface area contributed by atoms with E-state index >= 15 is 0 Å². The molecule has 15 heavy (non-hydrogen) atoms. The molecule has 1 aromatic heterocycles. The van der Waals surface area contributed by atoms with E-state index in [0.717, 1.165) is 18.8 Å². The van der Waals surface area contributed by atoms with Crippen LogP contribution in [-0.2, 0) is 13.0 Å². The highest BCUT2D eigenvalue weighted by atomic mass is 32.1. The maximum atomic E-state index is 11.6. The molecule has 1 amide bonds. The van der Waals surface area contributed by atoms with Crippen LogP contribution in [-0.4, -0.2) is 27.8 Å². The molecule has 1 aliphatic rings. The van der Waals surface area contributed by atoms with Gasteiger partial charge in [0.05, 0.1) is 0 Å². The summed E-state index contributed by atoms with van der Waals surface area (Å²) in [6, 6.07) is 0. The van der Waals surface area contributed by atoms with Gasteiger partial charge in [-0.1, -0.05) is 0 Å². The van der Waals surface area contributed by atoms with Gasteiger partial charge in [-0.2, -0.15) is 12.6 Å². The zero-order valence-electron chi connectivity index (χ0n) is 8.57. The van der Waals surface area contributed by atoms with Crippen molar-refractivity contribution in [1.29, 1.82) is 0 Å². The molecule has 4 nitrogen and oxygen atoms in total. The van der Waals surface area contributed by atoms with Crippen LogP contribution in [0, 0.1) is 0 Å². The number of rotatable bonds is 3. The van der Waals surface area contributed by atoms with Crippen molar-refractivity contribution in [2.24, 2.45) is 0 Å². The summed E-state index contributed by atoms with van der Waals surface area (Å²) >= 11 is 4.04. The first kappa shape index (κ1) is 10.5. The van der Waals surface area contributed by atoms with Gasteiger partial charge < -0.3 is 9.88 Å². The van der Waals surface area contributed by atoms with Crippen LogP contribution >= 0.6 is 12.6 Å². The first-order chi connectivity index (χ1) is 7.31. The van der Waals surface area contributed by atoms with Crippen molar-refractivity contribution in [3.63, 3.8) is 0 Å². The molecule has 0 aliphatic carbocycles. The molecule has 0 saturated carbocycles. The maximum Gasteiger partial charge on any atom is 0.271 e. The molecule has 2 heterocycles. The maximum absolute atomic E-state index is 11.6. The largest absolute Gasteiger partial charge is 0.350 e. The quantitative estimate of drug-likeness (QED) is 0.750. The Kier molecular flexibility index (Phi) is 3.30. The zero-order chi connectivity index (χ0) is 10.7. The number of carbonyl (C=O) groups is 1. The van der Waals surface area contributed by atoms with Gasteiger partial charge in [-0.05, 0) is 12.8 Å². The lowest BCUT2D eigenvalue weighted by Crippen LogP contribution is -2.25. The number of hydrogen-bond acceptors (Lipinski definition) is 3. The Morgan fingerprint density at radius 3 is 3.20 bits per heavy atom. The number of aromatic nitrogens is 2. The molecular weight excluding hydrogens is 210 g/mol. The summed E-state index contributed by atoms with van der Waals surface area (Å²) in [5.41, 5.74) is 0.536. The van der Waals surface area contributed by atoms with E-state index in [1.54, 1.807) is 0 Å². The summed E-state index contributed by atoms with van der Waals surface area (Å²) in [4.78, 5) is 15.9. The number of nitrogens with one attached hydrogen (secondary N) is 1. The number of nitrogens with zero attached hydrogens (tertiary/aromatic N) is 2. The molecule has 0 bridgehead atoms. The van der Waals surface area contributed by atoms with Crippen molar-refractivity contribution in [2.45, 2.75) is 25.8 Å². The van der Waals surface area contributed by atoms with Crippen molar-refractivity contribution < 1.29 is 4.79 Å². The van der Waals surface area contributed by atoms with Gasteiger partial charge in [0, 0.05) is 31.5 Å². The van der Waals surface area contributed by atoms with Gasteiger partial charge in [0.1, 0.15) is 11.5 Å². The predicted octanol–water partition coefficient (Wildman–Crippen LogP) is 0.879. The molecule has 0 aromatic carbocycles. The van der Waals surface area contributed by atoms with Gasteiger partial charge in [-0.3, -0.25) is 4.79 Å². The molecule has 82 valence electrons. The Morgan fingerprint density at radius 2 is 2.47 bits per heavy atom. The first-order valence-corrected chi connectivity index (χ1v) is 5.89. The molecule has 0 unspecified atom stereocenters. The lowest BCUT2D eigenvalue weighted by Gasteiger charge is -2.11. The predicted molar refractivity (Wildman–Crippen MR) is 61.4 cm³/mol. The van der Waals surface area contributed by atoms with E-state index in [1.165, 1.54) is 12.8 Å². The van der Waals surface area contributed by atoms with E-state index in [-0.39, 0.29) is 5.91 Å². The summed E-state index contributed by atoms with van der Waals surface area (Å²) in [5.74, 6) is 1.60. The van der Waals surface area contributed by atoms with Crippen LogP contribution in [0.3, 0.4) is 0 Å². The van der Waals surface area contributed by atoms with E-state index in [4.69, 9.17) is 0 Å². The van der Waals surface area contributed by atoms with Gasteiger partial charge in [0.2, 0.25) is 0 Å². The minimum Gasteiger partial charge on any atom is -0.350 e. The van der Waals surface area contributed by atoms with Crippen LogP contribution in [0.2, 0.25) is 0 Å². The lowest BCUT2D eigenvalue weighted by molar-refractivity contribution is 0.0951. The number of thiol groups is 1. The van der Waals surface area contributed by atoms with E-state index in [9.17, 15) is 4.79 Å². The zero-order valence-corrected chi connectivity index (χ0v) is 9.46. The van der Waals surface area contributed by atoms with Crippen molar-refractivity contribution >= 4 is 18.5 Å². The monoisotopic (exact) mass is 225 g/mol. The fourth-order valence-electron chi connectivity index (χ4n) is 1.78. The van der Waals surface area contributed by atoms with E-state index in [2.05, 4.69) is 27.5 Å². The molecule has 5 heteroatoms. The molecule has 0 radical (unpaired) electrons. The molecule has 0 saturated heterocycles. The summed E-state index contributed by atoms with van der Waals surface area (Å²) in [5, 5.41) is 2.77. The highest BCUT2D eigenvalue weighted by Crippen LogP contribution is 2.14. The number of hydrogen-bond donors (Lipinski definition) is 2. The average molecular weight is 225 g/mol. The third-order valence-corrected chi connectivity index (χ3v) is 2.76. The van der Waals surface area contributed by atoms with E-state index in [1.807, 2.05) is 6.20 Å². The second-order valence-corrected chi connectivity index (χ2v) is 4.12. The summed E-state index contributed by atoms with van der Waals surface area (Å²) in [6.45, 7) is 1.58. The number of aryl methyl sites for hydroxylation is 2. The molecular formula is C10H15N3OS. The number of fused-ring (bicyclic) bond motifs is 1. The number of carbonyl (C=O) groups excluding carboxylic acids is 1. The van der Waals surface area contributed by atoms with Crippen molar-refractivity contribution in [3.05, 3.63) is 17.7 Å². The second-order valence-electron chi connectivity index (χ2n) is 3.67. The number of imidazole rings is 1. The van der Waals surface area contributed by atoms with Crippen LogP contribution in [0.5, 0.6) is 0 Å². The van der Waals surface area contributed by atoms with Gasteiger partial charge in [-0.25, -0.2) is 4.98 Å². The number of amides is 1. The Morgan fingerprint density at radius 1 is 1.60 bits per heavy atom. The lowest BCUT2D eigenvalue weighted by atomic mass is 10.2. The second kappa shape index (κ2) is 4.70. The van der Waals surface area contributed by atoms with E-state index < -0.39 is 0 Å². The molecule has 0 spiro atoms. The Hall–Kier alpha value is -0.970. The van der Waals surface area contributed by atoms with Crippen molar-refractivity contribution in [3.8, 4) is 0 Å². The molecule has 1 aromatic rings. The van der Waals surface area contributed by atoms with Crippen LogP contribution in [0.15, 0.2) is 6.20 Å².